The number of halogens is 1. The van der Waals surface area contributed by atoms with Crippen LogP contribution in [0, 0.1) is 17.2 Å². The standard InChI is InChI=1S/C17H17ClN4/c18-15-9-13(7-3-6-12-4-1-2-5-12)8-14(10-15)17-16(11-19)20-22-21-17/h3,7-10,12H,1-2,4-6H2,(H,20,21,22)/b7-3+. The molecule has 1 heterocycles. The van der Waals surface area contributed by atoms with Gasteiger partial charge < -0.3 is 0 Å². The zero-order valence-corrected chi connectivity index (χ0v) is 13.0. The third-order valence-electron chi connectivity index (χ3n) is 4.11. The number of rotatable bonds is 4. The molecule has 3 rings (SSSR count). The summed E-state index contributed by atoms with van der Waals surface area (Å²) in [6.07, 6.45) is 10.9. The van der Waals surface area contributed by atoms with Crippen LogP contribution in [-0.4, -0.2) is 15.4 Å². The highest BCUT2D eigenvalue weighted by molar-refractivity contribution is 6.31. The Morgan fingerprint density at radius 1 is 1.32 bits per heavy atom. The minimum absolute atomic E-state index is 0.350. The second-order valence-corrected chi connectivity index (χ2v) is 6.15. The maximum atomic E-state index is 9.06. The Kier molecular flexibility index (Phi) is 4.55. The molecule has 1 aromatic heterocycles. The van der Waals surface area contributed by atoms with Gasteiger partial charge in [-0.05, 0) is 36.1 Å². The maximum absolute atomic E-state index is 9.06. The SMILES string of the molecule is N#Cc1[nH]nnc1-c1cc(Cl)cc(/C=C/CC2CCCC2)c1. The van der Waals surface area contributed by atoms with Crippen molar-refractivity contribution in [3.8, 4) is 17.3 Å². The van der Waals surface area contributed by atoms with Crippen LogP contribution in [0.15, 0.2) is 24.3 Å². The van der Waals surface area contributed by atoms with E-state index in [-0.39, 0.29) is 0 Å². The van der Waals surface area contributed by atoms with E-state index in [1.165, 1.54) is 25.7 Å². The summed E-state index contributed by atoms with van der Waals surface area (Å²) in [7, 11) is 0. The number of hydrogen-bond donors (Lipinski definition) is 1. The first kappa shape index (κ1) is 14.8. The quantitative estimate of drug-likeness (QED) is 0.897. The molecule has 0 aliphatic heterocycles. The molecule has 0 radical (unpaired) electrons. The number of aromatic amines is 1. The molecule has 4 nitrogen and oxygen atoms in total. The van der Waals surface area contributed by atoms with Gasteiger partial charge in [0.05, 0.1) is 0 Å². The predicted molar refractivity (Wildman–Crippen MR) is 87.2 cm³/mol. The molecular formula is C17H17ClN4. The molecule has 22 heavy (non-hydrogen) atoms. The van der Waals surface area contributed by atoms with Crippen molar-refractivity contribution in [2.45, 2.75) is 32.1 Å². The van der Waals surface area contributed by atoms with E-state index in [0.717, 1.165) is 23.5 Å². The Morgan fingerprint density at radius 3 is 2.91 bits per heavy atom. The molecule has 1 aliphatic carbocycles. The average molecular weight is 313 g/mol. The molecule has 0 amide bonds. The average Bonchev–Trinajstić information content (AvgIpc) is 3.17. The van der Waals surface area contributed by atoms with Gasteiger partial charge in [0.1, 0.15) is 11.8 Å². The van der Waals surface area contributed by atoms with E-state index in [0.29, 0.717) is 16.4 Å². The number of nitriles is 1. The highest BCUT2D eigenvalue weighted by Crippen LogP contribution is 2.29. The van der Waals surface area contributed by atoms with Crippen molar-refractivity contribution in [2.24, 2.45) is 5.92 Å². The van der Waals surface area contributed by atoms with Crippen LogP contribution in [0.4, 0.5) is 0 Å². The second kappa shape index (κ2) is 6.76. The van der Waals surface area contributed by atoms with E-state index >= 15 is 0 Å². The first-order valence-corrected chi connectivity index (χ1v) is 7.92. The van der Waals surface area contributed by atoms with Crippen molar-refractivity contribution in [1.82, 2.24) is 15.4 Å². The molecule has 5 heteroatoms. The minimum Gasteiger partial charge on any atom is -0.247 e. The van der Waals surface area contributed by atoms with Crippen LogP contribution in [0.2, 0.25) is 5.02 Å². The summed E-state index contributed by atoms with van der Waals surface area (Å²) < 4.78 is 0. The van der Waals surface area contributed by atoms with Crippen LogP contribution in [0.1, 0.15) is 43.4 Å². The van der Waals surface area contributed by atoms with Crippen LogP contribution in [0.5, 0.6) is 0 Å². The summed E-state index contributed by atoms with van der Waals surface area (Å²) in [5.74, 6) is 0.829. The first-order chi connectivity index (χ1) is 10.8. The van der Waals surface area contributed by atoms with E-state index in [2.05, 4.69) is 33.6 Å². The number of nitrogens with one attached hydrogen (secondary N) is 1. The maximum Gasteiger partial charge on any atom is 0.163 e. The lowest BCUT2D eigenvalue weighted by molar-refractivity contribution is 0.559. The topological polar surface area (TPSA) is 65.4 Å². The van der Waals surface area contributed by atoms with Gasteiger partial charge >= 0.3 is 0 Å². The van der Waals surface area contributed by atoms with E-state index in [1.54, 1.807) is 6.07 Å². The zero-order valence-electron chi connectivity index (χ0n) is 12.2. The summed E-state index contributed by atoms with van der Waals surface area (Å²) in [4.78, 5) is 0. The summed E-state index contributed by atoms with van der Waals surface area (Å²) >= 11 is 6.19. The smallest absolute Gasteiger partial charge is 0.163 e. The van der Waals surface area contributed by atoms with Crippen molar-refractivity contribution in [2.75, 3.05) is 0 Å². The molecule has 0 spiro atoms. The number of aromatic nitrogens is 3. The number of benzene rings is 1. The minimum atomic E-state index is 0.350. The molecule has 0 bridgehead atoms. The lowest BCUT2D eigenvalue weighted by Gasteiger charge is -2.04. The summed E-state index contributed by atoms with van der Waals surface area (Å²) in [5, 5.41) is 19.9. The monoisotopic (exact) mass is 312 g/mol. The third kappa shape index (κ3) is 3.37. The molecule has 1 aromatic carbocycles. The largest absolute Gasteiger partial charge is 0.247 e. The summed E-state index contributed by atoms with van der Waals surface area (Å²) in [6.45, 7) is 0. The fourth-order valence-electron chi connectivity index (χ4n) is 3.00. The van der Waals surface area contributed by atoms with E-state index in [1.807, 2.05) is 12.1 Å². The Labute approximate surface area is 134 Å². The molecule has 1 saturated carbocycles. The van der Waals surface area contributed by atoms with Gasteiger partial charge in [0, 0.05) is 10.6 Å². The molecule has 2 aromatic rings. The zero-order chi connectivity index (χ0) is 15.4. The Morgan fingerprint density at radius 2 is 2.14 bits per heavy atom. The Hall–Kier alpha value is -2.12. The van der Waals surface area contributed by atoms with Crippen LogP contribution in [0.25, 0.3) is 17.3 Å². The predicted octanol–water partition coefficient (Wildman–Crippen LogP) is 4.59. The highest BCUT2D eigenvalue weighted by Gasteiger charge is 2.13. The first-order valence-electron chi connectivity index (χ1n) is 7.55. The van der Waals surface area contributed by atoms with Crippen molar-refractivity contribution in [1.29, 1.82) is 5.26 Å². The van der Waals surface area contributed by atoms with E-state index in [4.69, 9.17) is 16.9 Å². The second-order valence-electron chi connectivity index (χ2n) is 5.71. The highest BCUT2D eigenvalue weighted by atomic mass is 35.5. The van der Waals surface area contributed by atoms with Crippen LogP contribution in [-0.2, 0) is 0 Å². The lowest BCUT2D eigenvalue weighted by Crippen LogP contribution is -1.89. The van der Waals surface area contributed by atoms with Crippen LogP contribution in [0.3, 0.4) is 0 Å². The number of nitrogens with zero attached hydrogens (tertiary/aromatic N) is 3. The van der Waals surface area contributed by atoms with Crippen molar-refractivity contribution < 1.29 is 0 Å². The molecule has 112 valence electrons. The normalized spacial score (nSPS) is 15.5. The molecule has 0 atom stereocenters. The van der Waals surface area contributed by atoms with Crippen molar-refractivity contribution in [3.05, 3.63) is 40.6 Å². The van der Waals surface area contributed by atoms with Gasteiger partial charge in [-0.1, -0.05) is 54.6 Å². The van der Waals surface area contributed by atoms with Gasteiger partial charge in [0.2, 0.25) is 0 Å². The van der Waals surface area contributed by atoms with Gasteiger partial charge in [-0.15, -0.1) is 5.10 Å². The van der Waals surface area contributed by atoms with Crippen LogP contribution < -0.4 is 0 Å². The van der Waals surface area contributed by atoms with Gasteiger partial charge in [0.25, 0.3) is 0 Å². The molecule has 0 saturated heterocycles. The number of hydrogen-bond acceptors (Lipinski definition) is 3. The molecule has 0 unspecified atom stereocenters. The van der Waals surface area contributed by atoms with Crippen molar-refractivity contribution >= 4 is 17.7 Å². The summed E-state index contributed by atoms with van der Waals surface area (Å²) in [5.41, 5.74) is 2.71. The van der Waals surface area contributed by atoms with Crippen molar-refractivity contribution in [3.63, 3.8) is 0 Å². The van der Waals surface area contributed by atoms with Gasteiger partial charge in [-0.2, -0.15) is 5.26 Å². The number of allylic oxidation sites excluding steroid dienone is 1. The van der Waals surface area contributed by atoms with Crippen LogP contribution >= 0.6 is 11.6 Å². The Balaban J connectivity index is 1.81. The lowest BCUT2D eigenvalue weighted by atomic mass is 10.0. The van der Waals surface area contributed by atoms with Gasteiger partial charge in [0.15, 0.2) is 5.69 Å². The number of H-pyrrole nitrogens is 1. The molecule has 1 N–H and O–H groups in total. The molecule has 1 fully saturated rings. The van der Waals surface area contributed by atoms with E-state index in [9.17, 15) is 0 Å². The fourth-order valence-corrected chi connectivity index (χ4v) is 3.24. The summed E-state index contributed by atoms with van der Waals surface area (Å²) in [6, 6.07) is 7.75. The third-order valence-corrected chi connectivity index (χ3v) is 4.33. The molecule has 1 aliphatic rings. The van der Waals surface area contributed by atoms with Gasteiger partial charge in [-0.3, -0.25) is 0 Å². The molecular weight excluding hydrogens is 296 g/mol. The van der Waals surface area contributed by atoms with E-state index < -0.39 is 0 Å². The Bertz CT molecular complexity index is 721. The van der Waals surface area contributed by atoms with Gasteiger partial charge in [-0.25, -0.2) is 5.10 Å². The fraction of sp³-hybridized carbons (Fsp3) is 0.353.